The van der Waals surface area contributed by atoms with Gasteiger partial charge >= 0.3 is 5.97 Å². The van der Waals surface area contributed by atoms with E-state index in [1.165, 1.54) is 0 Å². The number of ether oxygens (including phenoxy) is 2. The highest BCUT2D eigenvalue weighted by Crippen LogP contribution is 2.39. The van der Waals surface area contributed by atoms with Crippen molar-refractivity contribution in [3.63, 3.8) is 0 Å². The van der Waals surface area contributed by atoms with Crippen molar-refractivity contribution < 1.29 is 32.9 Å². The molecule has 1 fully saturated rings. The Labute approximate surface area is 271 Å². The van der Waals surface area contributed by atoms with Gasteiger partial charge in [-0.05, 0) is 53.1 Å². The van der Waals surface area contributed by atoms with Crippen molar-refractivity contribution >= 4 is 38.7 Å². The fraction of sp³-hybridized carbons (Fsp3) is 0.200. The van der Waals surface area contributed by atoms with Crippen LogP contribution in [0.15, 0.2) is 119 Å². The molecule has 3 N–H and O–H groups in total. The van der Waals surface area contributed by atoms with Crippen molar-refractivity contribution in [2.75, 3.05) is 5.75 Å². The molecule has 0 spiro atoms. The van der Waals surface area contributed by atoms with Gasteiger partial charge in [0, 0.05) is 40.8 Å². The molecule has 2 heterocycles. The Morgan fingerprint density at radius 2 is 1.57 bits per heavy atom. The average molecular weight is 657 g/mol. The van der Waals surface area contributed by atoms with E-state index < -0.39 is 22.3 Å². The molecule has 6 rings (SSSR count). The number of sulfonamides is 1. The molecule has 1 saturated heterocycles. The summed E-state index contributed by atoms with van der Waals surface area (Å²) in [6, 6.07) is 30.5. The van der Waals surface area contributed by atoms with Crippen LogP contribution in [0.1, 0.15) is 51.4 Å². The van der Waals surface area contributed by atoms with E-state index in [1.807, 2.05) is 60.7 Å². The molecular formula is C35H32N2O7S2. The van der Waals surface area contributed by atoms with Gasteiger partial charge in [0.2, 0.25) is 10.0 Å². The van der Waals surface area contributed by atoms with Crippen LogP contribution in [0.3, 0.4) is 0 Å². The van der Waals surface area contributed by atoms with Crippen LogP contribution < -0.4 is 4.72 Å². The van der Waals surface area contributed by atoms with Crippen LogP contribution in [-0.4, -0.2) is 41.4 Å². The van der Waals surface area contributed by atoms with Gasteiger partial charge in [-0.25, -0.2) is 17.9 Å². The van der Waals surface area contributed by atoms with Gasteiger partial charge in [0.15, 0.2) is 6.29 Å². The van der Waals surface area contributed by atoms with Gasteiger partial charge in [-0.1, -0.05) is 66.7 Å². The molecule has 1 aromatic heterocycles. The minimum Gasteiger partial charge on any atom is -0.478 e. The number of pyridine rings is 1. The highest BCUT2D eigenvalue weighted by molar-refractivity contribution is 7.99. The van der Waals surface area contributed by atoms with E-state index in [4.69, 9.17) is 9.47 Å². The molecule has 3 atom stereocenters. The van der Waals surface area contributed by atoms with E-state index >= 15 is 0 Å². The molecule has 3 unspecified atom stereocenters. The Balaban J connectivity index is 1.16. The number of aromatic nitrogens is 1. The van der Waals surface area contributed by atoms with Crippen LogP contribution in [0.2, 0.25) is 0 Å². The SMILES string of the molecule is O=C(O)c1ccc(SCC2CC(c3ccc(CO)cc3)OC(c3ccc(CNS(=O)(=O)c4cccc5cccnc45)cc3)O2)cc1. The van der Waals surface area contributed by atoms with Crippen LogP contribution in [-0.2, 0) is 32.6 Å². The maximum Gasteiger partial charge on any atom is 0.335 e. The number of aliphatic hydroxyl groups is 1. The lowest BCUT2D eigenvalue weighted by Gasteiger charge is -2.36. The van der Waals surface area contributed by atoms with Crippen LogP contribution in [0.4, 0.5) is 0 Å². The standard InChI is InChI=1S/C35H32N2O7S2/c38-21-24-8-10-25(11-9-24)31-19-29(22-45-30-16-14-27(15-17-30)34(39)40)43-35(44-31)28-12-6-23(7-13-28)20-37-46(41,42)32-5-1-3-26-4-2-18-36-33(26)32/h1-18,29,31,35,37-38H,19-22H2,(H,39,40). The predicted molar refractivity (Wildman–Crippen MR) is 175 cm³/mol. The van der Waals surface area contributed by atoms with Crippen molar-refractivity contribution in [2.24, 2.45) is 0 Å². The number of fused-ring (bicyclic) bond motifs is 1. The van der Waals surface area contributed by atoms with Crippen LogP contribution in [0, 0.1) is 0 Å². The first kappa shape index (κ1) is 31.9. The first-order chi connectivity index (χ1) is 22.3. The summed E-state index contributed by atoms with van der Waals surface area (Å²) in [4.78, 5) is 16.6. The fourth-order valence-electron chi connectivity index (χ4n) is 5.25. The maximum absolute atomic E-state index is 13.2. The summed E-state index contributed by atoms with van der Waals surface area (Å²) in [6.07, 6.45) is 1.09. The highest BCUT2D eigenvalue weighted by atomic mass is 32.2. The van der Waals surface area contributed by atoms with Gasteiger partial charge in [0.05, 0.1) is 29.9 Å². The van der Waals surface area contributed by atoms with E-state index in [2.05, 4.69) is 9.71 Å². The highest BCUT2D eigenvalue weighted by Gasteiger charge is 2.32. The predicted octanol–water partition coefficient (Wildman–Crippen LogP) is 6.24. The number of hydrogen-bond acceptors (Lipinski definition) is 8. The second kappa shape index (κ2) is 14.1. The summed E-state index contributed by atoms with van der Waals surface area (Å²) in [6.45, 7) is 0.0524. The molecule has 0 aliphatic carbocycles. The summed E-state index contributed by atoms with van der Waals surface area (Å²) in [5.74, 6) is -0.340. The van der Waals surface area contributed by atoms with Gasteiger partial charge in [-0.2, -0.15) is 0 Å². The average Bonchev–Trinajstić information content (AvgIpc) is 3.10. The zero-order valence-electron chi connectivity index (χ0n) is 24.7. The molecular weight excluding hydrogens is 625 g/mol. The first-order valence-corrected chi connectivity index (χ1v) is 17.1. The number of thioether (sulfide) groups is 1. The molecule has 1 aliphatic rings. The van der Waals surface area contributed by atoms with Crippen molar-refractivity contribution in [1.82, 2.24) is 9.71 Å². The number of hydrogen-bond donors (Lipinski definition) is 3. The van der Waals surface area contributed by atoms with Crippen molar-refractivity contribution in [1.29, 1.82) is 0 Å². The number of para-hydroxylation sites is 1. The largest absolute Gasteiger partial charge is 0.478 e. The lowest BCUT2D eigenvalue weighted by molar-refractivity contribution is -0.245. The molecule has 0 radical (unpaired) electrons. The molecule has 0 saturated carbocycles. The number of aliphatic hydroxyl groups excluding tert-OH is 1. The Hall–Kier alpha value is -4.10. The molecule has 11 heteroatoms. The molecule has 0 bridgehead atoms. The molecule has 1 aliphatic heterocycles. The lowest BCUT2D eigenvalue weighted by Crippen LogP contribution is -2.31. The van der Waals surface area contributed by atoms with E-state index in [0.717, 1.165) is 32.5 Å². The summed E-state index contributed by atoms with van der Waals surface area (Å²) < 4.78 is 41.8. The number of aromatic carboxylic acids is 1. The van der Waals surface area contributed by atoms with Crippen LogP contribution in [0.5, 0.6) is 0 Å². The Kier molecular flexibility index (Phi) is 9.78. The van der Waals surface area contributed by atoms with E-state index in [0.29, 0.717) is 17.7 Å². The van der Waals surface area contributed by atoms with Gasteiger partial charge in [0.25, 0.3) is 0 Å². The Bertz CT molecular complexity index is 1910. The molecule has 0 amide bonds. The quantitative estimate of drug-likeness (QED) is 0.141. The summed E-state index contributed by atoms with van der Waals surface area (Å²) in [7, 11) is -3.81. The van der Waals surface area contributed by atoms with Crippen LogP contribution >= 0.6 is 11.8 Å². The van der Waals surface area contributed by atoms with E-state index in [-0.39, 0.29) is 35.8 Å². The van der Waals surface area contributed by atoms with Crippen molar-refractivity contribution in [2.45, 2.75) is 47.9 Å². The molecule has 46 heavy (non-hydrogen) atoms. The second-order valence-corrected chi connectivity index (χ2v) is 13.7. The van der Waals surface area contributed by atoms with Crippen molar-refractivity contribution in [3.05, 3.63) is 137 Å². The zero-order chi connectivity index (χ0) is 32.1. The van der Waals surface area contributed by atoms with Crippen molar-refractivity contribution in [3.8, 4) is 0 Å². The third-order valence-corrected chi connectivity index (χ3v) is 10.3. The molecule has 9 nitrogen and oxygen atoms in total. The Morgan fingerprint density at radius 3 is 2.28 bits per heavy atom. The number of rotatable bonds is 11. The van der Waals surface area contributed by atoms with E-state index in [9.17, 15) is 23.4 Å². The lowest BCUT2D eigenvalue weighted by atomic mass is 10.0. The number of carbonyl (C=O) groups is 1. The Morgan fingerprint density at radius 1 is 0.870 bits per heavy atom. The number of nitrogens with zero attached hydrogens (tertiary/aromatic N) is 1. The zero-order valence-corrected chi connectivity index (χ0v) is 26.3. The molecule has 5 aromatic rings. The summed E-state index contributed by atoms with van der Waals surface area (Å²) >= 11 is 1.58. The number of carboxylic acid groups (broad SMARTS) is 1. The number of carboxylic acids is 1. The van der Waals surface area contributed by atoms with Gasteiger partial charge in [0.1, 0.15) is 4.90 Å². The summed E-state index contributed by atoms with van der Waals surface area (Å²) in [5.41, 5.74) is 4.00. The van der Waals surface area contributed by atoms with Crippen LogP contribution in [0.25, 0.3) is 10.9 Å². The van der Waals surface area contributed by atoms with Gasteiger partial charge in [-0.3, -0.25) is 4.98 Å². The molecule has 236 valence electrons. The monoisotopic (exact) mass is 656 g/mol. The minimum absolute atomic E-state index is 0.0428. The van der Waals surface area contributed by atoms with Gasteiger partial charge in [-0.15, -0.1) is 11.8 Å². The smallest absolute Gasteiger partial charge is 0.335 e. The number of benzene rings is 4. The minimum atomic E-state index is -3.81. The second-order valence-electron chi connectivity index (χ2n) is 10.9. The maximum atomic E-state index is 13.2. The third kappa shape index (κ3) is 7.47. The molecule has 4 aromatic carbocycles. The van der Waals surface area contributed by atoms with E-state index in [1.54, 1.807) is 60.4 Å². The normalized spacial score (nSPS) is 18.4. The van der Waals surface area contributed by atoms with Gasteiger partial charge < -0.3 is 19.7 Å². The summed E-state index contributed by atoms with van der Waals surface area (Å²) in [5, 5.41) is 19.4. The third-order valence-electron chi connectivity index (χ3n) is 7.76. The number of nitrogens with one attached hydrogen (secondary N) is 1. The first-order valence-electron chi connectivity index (χ1n) is 14.7. The topological polar surface area (TPSA) is 135 Å². The fourth-order valence-corrected chi connectivity index (χ4v) is 7.36.